The summed E-state index contributed by atoms with van der Waals surface area (Å²) in [5, 5.41) is 12.2. The van der Waals surface area contributed by atoms with Crippen LogP contribution in [0.1, 0.15) is 30.0 Å². The number of carboxylic acid groups (broad SMARTS) is 1. The van der Waals surface area contributed by atoms with Crippen molar-refractivity contribution in [1.82, 2.24) is 10.2 Å². The average molecular weight is 382 g/mol. The van der Waals surface area contributed by atoms with E-state index < -0.39 is 11.4 Å². The highest BCUT2D eigenvalue weighted by molar-refractivity contribution is 5.79. The second-order valence-electron chi connectivity index (χ2n) is 7.49. The summed E-state index contributed by atoms with van der Waals surface area (Å²) in [6.45, 7) is 3.83. The first kappa shape index (κ1) is 19.9. The van der Waals surface area contributed by atoms with Crippen LogP contribution in [0.25, 0.3) is 0 Å². The third kappa shape index (κ3) is 5.10. The quantitative estimate of drug-likeness (QED) is 0.769. The zero-order chi connectivity index (χ0) is 20.0. The SMILES string of the molecule is CC1(C(=O)O)CCN(C(=O)NCc2cccc(COCc3ccccc3)c2)C1. The molecule has 1 fully saturated rings. The Hall–Kier alpha value is -2.86. The fraction of sp³-hybridized carbons (Fsp3) is 0.364. The molecule has 2 aromatic carbocycles. The predicted octanol–water partition coefficient (Wildman–Crippen LogP) is 3.41. The highest BCUT2D eigenvalue weighted by Crippen LogP contribution is 2.30. The average Bonchev–Trinajstić information content (AvgIpc) is 3.11. The van der Waals surface area contributed by atoms with Crippen molar-refractivity contribution in [2.75, 3.05) is 13.1 Å². The lowest BCUT2D eigenvalue weighted by molar-refractivity contribution is -0.147. The Bertz CT molecular complexity index is 824. The normalized spacial score (nSPS) is 18.8. The minimum Gasteiger partial charge on any atom is -0.481 e. The predicted molar refractivity (Wildman–Crippen MR) is 106 cm³/mol. The van der Waals surface area contributed by atoms with Gasteiger partial charge in [-0.25, -0.2) is 4.79 Å². The van der Waals surface area contributed by atoms with Gasteiger partial charge < -0.3 is 20.1 Å². The van der Waals surface area contributed by atoms with Crippen LogP contribution in [0.2, 0.25) is 0 Å². The molecule has 6 heteroatoms. The number of nitrogens with zero attached hydrogens (tertiary/aromatic N) is 1. The molecule has 1 saturated heterocycles. The zero-order valence-corrected chi connectivity index (χ0v) is 16.1. The van der Waals surface area contributed by atoms with Crippen molar-refractivity contribution in [3.05, 3.63) is 71.3 Å². The van der Waals surface area contributed by atoms with E-state index >= 15 is 0 Å². The minimum atomic E-state index is -0.856. The molecule has 3 rings (SSSR count). The van der Waals surface area contributed by atoms with Crippen LogP contribution in [0.15, 0.2) is 54.6 Å². The monoisotopic (exact) mass is 382 g/mol. The molecule has 148 valence electrons. The van der Waals surface area contributed by atoms with Gasteiger partial charge in [0.15, 0.2) is 0 Å². The lowest BCUT2D eigenvalue weighted by Crippen LogP contribution is -2.40. The molecule has 1 heterocycles. The van der Waals surface area contributed by atoms with Crippen molar-refractivity contribution in [2.45, 2.75) is 33.1 Å². The van der Waals surface area contributed by atoms with E-state index in [1.165, 1.54) is 0 Å². The van der Waals surface area contributed by atoms with Crippen LogP contribution in [0, 0.1) is 5.41 Å². The van der Waals surface area contributed by atoms with Gasteiger partial charge in [-0.2, -0.15) is 0 Å². The Kier molecular flexibility index (Phi) is 6.31. The van der Waals surface area contributed by atoms with Gasteiger partial charge >= 0.3 is 12.0 Å². The molecule has 1 aliphatic rings. The Morgan fingerprint density at radius 1 is 1.07 bits per heavy atom. The van der Waals surface area contributed by atoms with Crippen LogP contribution in [0.4, 0.5) is 4.79 Å². The van der Waals surface area contributed by atoms with E-state index in [1.807, 2.05) is 54.6 Å². The second kappa shape index (κ2) is 8.89. The Balaban J connectivity index is 1.47. The fourth-order valence-electron chi connectivity index (χ4n) is 3.29. The first-order valence-corrected chi connectivity index (χ1v) is 9.42. The molecule has 0 bridgehead atoms. The number of urea groups is 1. The van der Waals surface area contributed by atoms with Gasteiger partial charge in [0.05, 0.1) is 18.6 Å². The number of rotatable bonds is 7. The van der Waals surface area contributed by atoms with Gasteiger partial charge in [0.25, 0.3) is 0 Å². The maximum Gasteiger partial charge on any atom is 0.317 e. The van der Waals surface area contributed by atoms with Gasteiger partial charge in [-0.3, -0.25) is 4.79 Å². The highest BCUT2D eigenvalue weighted by atomic mass is 16.5. The van der Waals surface area contributed by atoms with Gasteiger partial charge in [-0.1, -0.05) is 54.6 Å². The minimum absolute atomic E-state index is 0.226. The van der Waals surface area contributed by atoms with Crippen LogP contribution in [-0.4, -0.2) is 35.1 Å². The highest BCUT2D eigenvalue weighted by Gasteiger charge is 2.42. The van der Waals surface area contributed by atoms with Crippen molar-refractivity contribution in [3.8, 4) is 0 Å². The number of benzene rings is 2. The smallest absolute Gasteiger partial charge is 0.317 e. The van der Waals surface area contributed by atoms with E-state index in [2.05, 4.69) is 5.32 Å². The maximum absolute atomic E-state index is 12.3. The third-order valence-electron chi connectivity index (χ3n) is 5.09. The number of amides is 2. The van der Waals surface area contributed by atoms with Crippen molar-refractivity contribution >= 4 is 12.0 Å². The molecule has 0 radical (unpaired) electrons. The van der Waals surface area contributed by atoms with Crippen LogP contribution in [0.3, 0.4) is 0 Å². The van der Waals surface area contributed by atoms with E-state index in [0.29, 0.717) is 32.7 Å². The van der Waals surface area contributed by atoms with Gasteiger partial charge in [-0.05, 0) is 30.0 Å². The summed E-state index contributed by atoms with van der Waals surface area (Å²) in [6, 6.07) is 17.7. The Labute approximate surface area is 165 Å². The zero-order valence-electron chi connectivity index (χ0n) is 16.1. The van der Waals surface area contributed by atoms with Crippen molar-refractivity contribution in [1.29, 1.82) is 0 Å². The number of carbonyl (C=O) groups is 2. The largest absolute Gasteiger partial charge is 0.481 e. The molecule has 1 aliphatic heterocycles. The molecule has 0 spiro atoms. The first-order chi connectivity index (χ1) is 13.5. The summed E-state index contributed by atoms with van der Waals surface area (Å²) in [4.78, 5) is 25.2. The molecule has 0 aliphatic carbocycles. The number of nitrogens with one attached hydrogen (secondary N) is 1. The van der Waals surface area contributed by atoms with Crippen LogP contribution in [-0.2, 0) is 29.3 Å². The molecule has 2 aromatic rings. The molecule has 0 saturated carbocycles. The van der Waals surface area contributed by atoms with E-state index in [0.717, 1.165) is 16.7 Å². The topological polar surface area (TPSA) is 78.9 Å². The number of likely N-dealkylation sites (tertiary alicyclic amines) is 1. The van der Waals surface area contributed by atoms with Crippen LogP contribution in [0.5, 0.6) is 0 Å². The molecule has 1 unspecified atom stereocenters. The number of hydrogen-bond acceptors (Lipinski definition) is 3. The van der Waals surface area contributed by atoms with Crippen molar-refractivity contribution in [2.24, 2.45) is 5.41 Å². The Morgan fingerprint density at radius 2 is 1.75 bits per heavy atom. The summed E-state index contributed by atoms with van der Waals surface area (Å²) in [5.74, 6) is -0.856. The van der Waals surface area contributed by atoms with Gasteiger partial charge in [0, 0.05) is 19.6 Å². The van der Waals surface area contributed by atoms with E-state index in [-0.39, 0.29) is 12.6 Å². The van der Waals surface area contributed by atoms with E-state index in [9.17, 15) is 14.7 Å². The fourth-order valence-corrected chi connectivity index (χ4v) is 3.29. The second-order valence-corrected chi connectivity index (χ2v) is 7.49. The molecule has 2 N–H and O–H groups in total. The number of ether oxygens (including phenoxy) is 1. The molecule has 2 amide bonds. The maximum atomic E-state index is 12.3. The third-order valence-corrected chi connectivity index (χ3v) is 5.09. The molecule has 6 nitrogen and oxygen atoms in total. The number of aliphatic carboxylic acids is 1. The molecular formula is C22H26N2O4. The van der Waals surface area contributed by atoms with Crippen molar-refractivity contribution in [3.63, 3.8) is 0 Å². The molecule has 28 heavy (non-hydrogen) atoms. The molecule has 0 aromatic heterocycles. The van der Waals surface area contributed by atoms with Gasteiger partial charge in [0.1, 0.15) is 0 Å². The van der Waals surface area contributed by atoms with Crippen LogP contribution < -0.4 is 5.32 Å². The number of carbonyl (C=O) groups excluding carboxylic acids is 1. The first-order valence-electron chi connectivity index (χ1n) is 9.42. The lowest BCUT2D eigenvalue weighted by Gasteiger charge is -2.20. The summed E-state index contributed by atoms with van der Waals surface area (Å²) in [5.41, 5.74) is 2.30. The summed E-state index contributed by atoms with van der Waals surface area (Å²) in [6.07, 6.45) is 0.476. The molecule has 1 atom stereocenters. The summed E-state index contributed by atoms with van der Waals surface area (Å²) < 4.78 is 5.76. The standard InChI is InChI=1S/C22H26N2O4/c1-22(20(25)26)10-11-24(16-22)21(27)23-13-18-8-5-9-19(12-18)15-28-14-17-6-3-2-4-7-17/h2-9,12H,10-11,13-16H2,1H3,(H,23,27)(H,25,26). The molecular weight excluding hydrogens is 356 g/mol. The van der Waals surface area contributed by atoms with Gasteiger partial charge in [0.2, 0.25) is 0 Å². The van der Waals surface area contributed by atoms with Crippen molar-refractivity contribution < 1.29 is 19.4 Å². The number of carboxylic acids is 1. The van der Waals surface area contributed by atoms with E-state index in [1.54, 1.807) is 11.8 Å². The summed E-state index contributed by atoms with van der Waals surface area (Å²) >= 11 is 0. The summed E-state index contributed by atoms with van der Waals surface area (Å²) in [7, 11) is 0. The van der Waals surface area contributed by atoms with Crippen LogP contribution >= 0.6 is 0 Å². The lowest BCUT2D eigenvalue weighted by atomic mass is 9.90. The Morgan fingerprint density at radius 3 is 2.46 bits per heavy atom. The number of hydrogen-bond donors (Lipinski definition) is 2. The van der Waals surface area contributed by atoms with Gasteiger partial charge in [-0.15, -0.1) is 0 Å². The van der Waals surface area contributed by atoms with E-state index in [4.69, 9.17) is 4.74 Å².